The van der Waals surface area contributed by atoms with Crippen LogP contribution in [0.3, 0.4) is 0 Å². The summed E-state index contributed by atoms with van der Waals surface area (Å²) in [7, 11) is 0. The molecule has 0 bridgehead atoms. The average Bonchev–Trinajstić information content (AvgIpc) is 2.43. The van der Waals surface area contributed by atoms with Crippen LogP contribution in [0.1, 0.15) is 33.1 Å². The summed E-state index contributed by atoms with van der Waals surface area (Å²) in [5.74, 6) is 0.168. The van der Waals surface area contributed by atoms with Crippen LogP contribution in [0.5, 0.6) is 5.75 Å². The maximum Gasteiger partial charge on any atom is 0.220 e. The summed E-state index contributed by atoms with van der Waals surface area (Å²) >= 11 is 0. The lowest BCUT2D eigenvalue weighted by atomic mass is 10.0. The average molecular weight is 283 g/mol. The van der Waals surface area contributed by atoms with Gasteiger partial charge in [0.2, 0.25) is 5.91 Å². The first-order valence-electron chi connectivity index (χ1n) is 6.80. The lowest BCUT2D eigenvalue weighted by molar-refractivity contribution is -0.122. The number of aliphatic hydroxyl groups is 1. The maximum atomic E-state index is 12.7. The van der Waals surface area contributed by atoms with Crippen LogP contribution in [0.4, 0.5) is 4.39 Å². The van der Waals surface area contributed by atoms with Crippen molar-refractivity contribution in [3.8, 4) is 5.75 Å². The van der Waals surface area contributed by atoms with E-state index in [0.717, 1.165) is 0 Å². The van der Waals surface area contributed by atoms with Crippen molar-refractivity contribution >= 4 is 5.91 Å². The Hall–Kier alpha value is -1.62. The molecule has 112 valence electrons. The van der Waals surface area contributed by atoms with Gasteiger partial charge in [-0.3, -0.25) is 4.79 Å². The molecule has 0 saturated heterocycles. The maximum absolute atomic E-state index is 12.7. The molecular weight excluding hydrogens is 261 g/mol. The van der Waals surface area contributed by atoms with E-state index in [1.165, 1.54) is 12.1 Å². The van der Waals surface area contributed by atoms with E-state index in [1.54, 1.807) is 19.1 Å². The number of hydrogen-bond donors (Lipinski definition) is 2. The molecule has 0 aromatic heterocycles. The second-order valence-corrected chi connectivity index (χ2v) is 5.03. The number of carbonyl (C=O) groups is 1. The van der Waals surface area contributed by atoms with Gasteiger partial charge in [-0.25, -0.2) is 4.39 Å². The number of ether oxygens (including phenoxy) is 1. The van der Waals surface area contributed by atoms with Crippen LogP contribution in [0.15, 0.2) is 24.3 Å². The van der Waals surface area contributed by atoms with E-state index < -0.39 is 5.60 Å². The molecule has 0 spiro atoms. The second-order valence-electron chi connectivity index (χ2n) is 5.03. The van der Waals surface area contributed by atoms with Crippen LogP contribution >= 0.6 is 0 Å². The minimum atomic E-state index is -0.861. The Balaban J connectivity index is 2.14. The topological polar surface area (TPSA) is 58.6 Å². The molecule has 1 amide bonds. The predicted octanol–water partition coefficient (Wildman–Crippen LogP) is 2.26. The monoisotopic (exact) mass is 283 g/mol. The van der Waals surface area contributed by atoms with Gasteiger partial charge < -0.3 is 15.2 Å². The molecular formula is C15H22FNO3. The van der Waals surface area contributed by atoms with Crippen LogP contribution in [0.2, 0.25) is 0 Å². The van der Waals surface area contributed by atoms with Crippen molar-refractivity contribution in [2.45, 2.75) is 38.7 Å². The van der Waals surface area contributed by atoms with E-state index in [-0.39, 0.29) is 18.3 Å². The van der Waals surface area contributed by atoms with Crippen molar-refractivity contribution in [2.75, 3.05) is 13.2 Å². The van der Waals surface area contributed by atoms with Crippen LogP contribution in [-0.2, 0) is 4.79 Å². The Morgan fingerprint density at radius 3 is 2.65 bits per heavy atom. The number of hydrogen-bond acceptors (Lipinski definition) is 3. The molecule has 1 aromatic carbocycles. The van der Waals surface area contributed by atoms with Crippen molar-refractivity contribution in [2.24, 2.45) is 0 Å². The van der Waals surface area contributed by atoms with Gasteiger partial charge in [-0.1, -0.05) is 6.92 Å². The molecule has 0 aliphatic carbocycles. The molecule has 1 atom stereocenters. The van der Waals surface area contributed by atoms with Crippen molar-refractivity contribution in [1.29, 1.82) is 0 Å². The highest BCUT2D eigenvalue weighted by molar-refractivity contribution is 5.75. The summed E-state index contributed by atoms with van der Waals surface area (Å²) in [6.07, 6.45) is 1.49. The van der Waals surface area contributed by atoms with E-state index in [9.17, 15) is 14.3 Å². The van der Waals surface area contributed by atoms with E-state index >= 15 is 0 Å². The molecule has 0 aliphatic rings. The van der Waals surface area contributed by atoms with Crippen LogP contribution in [0.25, 0.3) is 0 Å². The Morgan fingerprint density at radius 1 is 1.40 bits per heavy atom. The third-order valence-corrected chi connectivity index (χ3v) is 3.06. The lowest BCUT2D eigenvalue weighted by Gasteiger charge is -2.21. The molecule has 0 radical (unpaired) electrons. The molecule has 0 fully saturated rings. The van der Waals surface area contributed by atoms with Gasteiger partial charge in [-0.2, -0.15) is 0 Å². The summed E-state index contributed by atoms with van der Waals surface area (Å²) in [6.45, 7) is 4.19. The Kier molecular flexibility index (Phi) is 6.45. The van der Waals surface area contributed by atoms with Gasteiger partial charge in [0.1, 0.15) is 11.6 Å². The zero-order chi connectivity index (χ0) is 15.0. The van der Waals surface area contributed by atoms with Gasteiger partial charge in [-0.05, 0) is 44.0 Å². The molecule has 2 N–H and O–H groups in total. The Labute approximate surface area is 119 Å². The first-order valence-corrected chi connectivity index (χ1v) is 6.80. The van der Waals surface area contributed by atoms with Crippen LogP contribution in [-0.4, -0.2) is 29.8 Å². The zero-order valence-corrected chi connectivity index (χ0v) is 12.0. The number of amides is 1. The molecule has 0 heterocycles. The highest BCUT2D eigenvalue weighted by Crippen LogP contribution is 2.11. The number of benzene rings is 1. The molecule has 4 nitrogen and oxygen atoms in total. The third kappa shape index (κ3) is 6.52. The van der Waals surface area contributed by atoms with Gasteiger partial charge in [0.15, 0.2) is 0 Å². The first-order chi connectivity index (χ1) is 9.43. The molecule has 1 unspecified atom stereocenters. The predicted molar refractivity (Wildman–Crippen MR) is 75.1 cm³/mol. The Morgan fingerprint density at radius 2 is 2.05 bits per heavy atom. The number of nitrogens with one attached hydrogen (secondary N) is 1. The molecule has 0 saturated carbocycles. The van der Waals surface area contributed by atoms with E-state index in [4.69, 9.17) is 4.74 Å². The number of halogens is 1. The fourth-order valence-corrected chi connectivity index (χ4v) is 1.46. The van der Waals surface area contributed by atoms with Gasteiger partial charge in [-0.15, -0.1) is 0 Å². The summed E-state index contributed by atoms with van der Waals surface area (Å²) < 4.78 is 18.0. The van der Waals surface area contributed by atoms with Gasteiger partial charge >= 0.3 is 0 Å². The van der Waals surface area contributed by atoms with E-state index in [0.29, 0.717) is 31.6 Å². The molecule has 5 heteroatoms. The minimum Gasteiger partial charge on any atom is -0.494 e. The Bertz CT molecular complexity index is 418. The largest absolute Gasteiger partial charge is 0.494 e. The number of carbonyl (C=O) groups excluding carboxylic acids is 1. The summed E-state index contributed by atoms with van der Waals surface area (Å²) in [4.78, 5) is 11.5. The minimum absolute atomic E-state index is 0.110. The number of rotatable bonds is 8. The molecule has 0 aliphatic heterocycles. The first kappa shape index (κ1) is 16.4. The SMILES string of the molecule is CCC(C)(O)CNC(=O)CCCOc1ccc(F)cc1. The normalized spacial score (nSPS) is 13.6. The fourth-order valence-electron chi connectivity index (χ4n) is 1.46. The summed E-state index contributed by atoms with van der Waals surface area (Å²) in [5, 5.41) is 12.4. The fraction of sp³-hybridized carbons (Fsp3) is 0.533. The van der Waals surface area contributed by atoms with E-state index in [2.05, 4.69) is 5.32 Å². The second kappa shape index (κ2) is 7.85. The van der Waals surface area contributed by atoms with Crippen molar-refractivity contribution in [3.05, 3.63) is 30.1 Å². The van der Waals surface area contributed by atoms with Crippen molar-refractivity contribution in [3.63, 3.8) is 0 Å². The summed E-state index contributed by atoms with van der Waals surface area (Å²) in [6, 6.07) is 5.76. The molecule has 1 rings (SSSR count). The zero-order valence-electron chi connectivity index (χ0n) is 12.0. The van der Waals surface area contributed by atoms with Gasteiger partial charge in [0, 0.05) is 13.0 Å². The standard InChI is InChI=1S/C15H22FNO3/c1-3-15(2,19)11-17-14(18)5-4-10-20-13-8-6-12(16)7-9-13/h6-9,19H,3-5,10-11H2,1-2H3,(H,17,18). The van der Waals surface area contributed by atoms with Crippen molar-refractivity contribution < 1.29 is 19.0 Å². The molecule has 1 aromatic rings. The lowest BCUT2D eigenvalue weighted by Crippen LogP contribution is -2.40. The molecule has 20 heavy (non-hydrogen) atoms. The highest BCUT2D eigenvalue weighted by atomic mass is 19.1. The van der Waals surface area contributed by atoms with Crippen molar-refractivity contribution in [1.82, 2.24) is 5.32 Å². The third-order valence-electron chi connectivity index (χ3n) is 3.06. The van der Waals surface area contributed by atoms with Crippen LogP contribution in [0, 0.1) is 5.82 Å². The van der Waals surface area contributed by atoms with Gasteiger partial charge in [0.05, 0.1) is 12.2 Å². The summed E-state index contributed by atoms with van der Waals surface area (Å²) in [5.41, 5.74) is -0.861. The quantitative estimate of drug-likeness (QED) is 0.719. The van der Waals surface area contributed by atoms with E-state index in [1.807, 2.05) is 6.92 Å². The van der Waals surface area contributed by atoms with Crippen LogP contribution < -0.4 is 10.1 Å². The highest BCUT2D eigenvalue weighted by Gasteiger charge is 2.17. The smallest absolute Gasteiger partial charge is 0.220 e. The van der Waals surface area contributed by atoms with Gasteiger partial charge in [0.25, 0.3) is 0 Å².